The molecule has 2 N–H and O–H groups in total. The molecule has 0 radical (unpaired) electrons. The lowest BCUT2D eigenvalue weighted by molar-refractivity contribution is -0.116. The average molecular weight is 345 g/mol. The lowest BCUT2D eigenvalue weighted by atomic mass is 10.0. The van der Waals surface area contributed by atoms with Crippen molar-refractivity contribution in [3.05, 3.63) is 58.1 Å². The van der Waals surface area contributed by atoms with Gasteiger partial charge in [-0.1, -0.05) is 48.0 Å². The highest BCUT2D eigenvalue weighted by molar-refractivity contribution is 9.10. The second-order valence-electron chi connectivity index (χ2n) is 5.57. The van der Waals surface area contributed by atoms with Crippen molar-refractivity contribution in [2.24, 2.45) is 0 Å². The molecule has 1 atom stereocenters. The lowest BCUT2D eigenvalue weighted by Crippen LogP contribution is -2.19. The minimum Gasteiger partial charge on any atom is -0.370 e. The predicted molar refractivity (Wildman–Crippen MR) is 89.7 cm³/mol. The van der Waals surface area contributed by atoms with E-state index in [2.05, 4.69) is 52.5 Å². The molecular weight excluding hydrogens is 328 g/mol. The topological polar surface area (TPSA) is 41.1 Å². The first-order valence-electron chi connectivity index (χ1n) is 7.01. The van der Waals surface area contributed by atoms with Crippen molar-refractivity contribution in [3.8, 4) is 0 Å². The molecule has 0 saturated carbocycles. The summed E-state index contributed by atoms with van der Waals surface area (Å²) in [5, 5.41) is 6.21. The van der Waals surface area contributed by atoms with Gasteiger partial charge in [-0.15, -0.1) is 0 Å². The van der Waals surface area contributed by atoms with E-state index in [1.165, 1.54) is 5.56 Å². The summed E-state index contributed by atoms with van der Waals surface area (Å²) >= 11 is 3.42. The zero-order valence-electron chi connectivity index (χ0n) is 12.0. The number of amides is 1. The molecule has 1 unspecified atom stereocenters. The summed E-state index contributed by atoms with van der Waals surface area (Å²) in [4.78, 5) is 12.1. The molecule has 1 aliphatic rings. The summed E-state index contributed by atoms with van der Waals surface area (Å²) in [5.74, 6) is 0.489. The first-order chi connectivity index (χ1) is 10.0. The van der Waals surface area contributed by atoms with Crippen molar-refractivity contribution in [2.45, 2.75) is 25.8 Å². The summed E-state index contributed by atoms with van der Waals surface area (Å²) < 4.78 is 0.962. The van der Waals surface area contributed by atoms with Gasteiger partial charge < -0.3 is 10.6 Å². The quantitative estimate of drug-likeness (QED) is 0.848. The van der Waals surface area contributed by atoms with Gasteiger partial charge in [0.2, 0.25) is 0 Å². The van der Waals surface area contributed by atoms with E-state index in [1.54, 1.807) is 0 Å². The molecule has 2 aromatic carbocycles. The van der Waals surface area contributed by atoms with E-state index in [9.17, 15) is 4.79 Å². The maximum Gasteiger partial charge on any atom is 0.251 e. The molecule has 3 nitrogen and oxygen atoms in total. The average Bonchev–Trinajstić information content (AvgIpc) is 2.75. The van der Waals surface area contributed by atoms with Gasteiger partial charge in [-0.25, -0.2) is 0 Å². The SMILES string of the molecule is CC(C)c1ccc(NC2C(=O)Nc3cc(Br)ccc32)cc1. The third kappa shape index (κ3) is 2.81. The Morgan fingerprint density at radius 1 is 1.14 bits per heavy atom. The molecule has 0 aromatic heterocycles. The Labute approximate surface area is 132 Å². The summed E-state index contributed by atoms with van der Waals surface area (Å²) in [6.45, 7) is 4.34. The number of rotatable bonds is 3. The van der Waals surface area contributed by atoms with Crippen LogP contribution in [0.3, 0.4) is 0 Å². The van der Waals surface area contributed by atoms with Crippen LogP contribution < -0.4 is 10.6 Å². The van der Waals surface area contributed by atoms with Gasteiger partial charge >= 0.3 is 0 Å². The van der Waals surface area contributed by atoms with Gasteiger partial charge in [0.25, 0.3) is 5.91 Å². The Morgan fingerprint density at radius 2 is 1.86 bits per heavy atom. The first kappa shape index (κ1) is 14.1. The van der Waals surface area contributed by atoms with Crippen LogP contribution in [0.1, 0.15) is 36.9 Å². The first-order valence-corrected chi connectivity index (χ1v) is 7.80. The largest absolute Gasteiger partial charge is 0.370 e. The van der Waals surface area contributed by atoms with E-state index in [0.29, 0.717) is 5.92 Å². The molecule has 4 heteroatoms. The highest BCUT2D eigenvalue weighted by atomic mass is 79.9. The Bertz CT molecular complexity index is 680. The molecule has 1 aliphatic heterocycles. The fourth-order valence-electron chi connectivity index (χ4n) is 2.51. The Kier molecular flexibility index (Phi) is 3.72. The monoisotopic (exact) mass is 344 g/mol. The molecule has 21 heavy (non-hydrogen) atoms. The van der Waals surface area contributed by atoms with Gasteiger partial charge in [0.05, 0.1) is 0 Å². The van der Waals surface area contributed by atoms with Crippen LogP contribution in [0.5, 0.6) is 0 Å². The van der Waals surface area contributed by atoms with Gasteiger partial charge in [-0.2, -0.15) is 0 Å². The third-order valence-electron chi connectivity index (χ3n) is 3.73. The van der Waals surface area contributed by atoms with E-state index < -0.39 is 0 Å². The molecule has 0 spiro atoms. The number of carbonyl (C=O) groups excluding carboxylic acids is 1. The normalized spacial score (nSPS) is 16.8. The van der Waals surface area contributed by atoms with E-state index in [-0.39, 0.29) is 11.9 Å². The van der Waals surface area contributed by atoms with Crippen LogP contribution in [0.4, 0.5) is 11.4 Å². The maximum absolute atomic E-state index is 12.1. The van der Waals surface area contributed by atoms with E-state index in [1.807, 2.05) is 30.3 Å². The summed E-state index contributed by atoms with van der Waals surface area (Å²) in [6.07, 6.45) is 0. The van der Waals surface area contributed by atoms with E-state index in [4.69, 9.17) is 0 Å². The molecule has 0 bridgehead atoms. The number of carbonyl (C=O) groups is 1. The standard InChI is InChI=1S/C17H17BrN2O/c1-10(2)11-3-6-13(7-4-11)19-16-14-8-5-12(18)9-15(14)20-17(16)21/h3-10,16,19H,1-2H3,(H,20,21). The van der Waals surface area contributed by atoms with Crippen molar-refractivity contribution < 1.29 is 4.79 Å². The van der Waals surface area contributed by atoms with Crippen molar-refractivity contribution >= 4 is 33.2 Å². The van der Waals surface area contributed by atoms with Crippen LogP contribution in [-0.4, -0.2) is 5.91 Å². The molecule has 1 amide bonds. The van der Waals surface area contributed by atoms with Gasteiger partial charge in [0.1, 0.15) is 6.04 Å². The number of nitrogens with one attached hydrogen (secondary N) is 2. The lowest BCUT2D eigenvalue weighted by Gasteiger charge is -2.14. The molecule has 2 aromatic rings. The van der Waals surface area contributed by atoms with Crippen LogP contribution in [0.25, 0.3) is 0 Å². The molecular formula is C17H17BrN2O. The second-order valence-corrected chi connectivity index (χ2v) is 6.49. The molecule has 1 heterocycles. The van der Waals surface area contributed by atoms with Crippen LogP contribution in [-0.2, 0) is 4.79 Å². The van der Waals surface area contributed by atoms with Crippen molar-refractivity contribution in [1.82, 2.24) is 0 Å². The zero-order chi connectivity index (χ0) is 15.0. The zero-order valence-corrected chi connectivity index (χ0v) is 13.6. The predicted octanol–water partition coefficient (Wildman–Crippen LogP) is 4.68. The van der Waals surface area contributed by atoms with Crippen molar-refractivity contribution in [3.63, 3.8) is 0 Å². The Morgan fingerprint density at radius 3 is 2.52 bits per heavy atom. The fourth-order valence-corrected chi connectivity index (χ4v) is 2.87. The maximum atomic E-state index is 12.1. The Hall–Kier alpha value is -1.81. The van der Waals surface area contributed by atoms with Crippen LogP contribution >= 0.6 is 15.9 Å². The molecule has 0 aliphatic carbocycles. The van der Waals surface area contributed by atoms with Crippen molar-refractivity contribution in [1.29, 1.82) is 0 Å². The number of anilines is 2. The summed E-state index contributed by atoms with van der Waals surface area (Å²) in [7, 11) is 0. The molecule has 3 rings (SSSR count). The van der Waals surface area contributed by atoms with Crippen LogP contribution in [0.15, 0.2) is 46.9 Å². The smallest absolute Gasteiger partial charge is 0.251 e. The van der Waals surface area contributed by atoms with Gasteiger partial charge in [-0.3, -0.25) is 4.79 Å². The number of halogens is 1. The Balaban J connectivity index is 1.84. The third-order valence-corrected chi connectivity index (χ3v) is 4.23. The van der Waals surface area contributed by atoms with E-state index >= 15 is 0 Å². The fraction of sp³-hybridized carbons (Fsp3) is 0.235. The van der Waals surface area contributed by atoms with Crippen molar-refractivity contribution in [2.75, 3.05) is 10.6 Å². The minimum absolute atomic E-state index is 0.0176. The van der Waals surface area contributed by atoms with Gasteiger partial charge in [0.15, 0.2) is 0 Å². The molecule has 0 saturated heterocycles. The highest BCUT2D eigenvalue weighted by Crippen LogP contribution is 2.35. The number of fused-ring (bicyclic) bond motifs is 1. The second kappa shape index (κ2) is 5.53. The number of benzene rings is 2. The summed E-state index contributed by atoms with van der Waals surface area (Å²) in [6, 6.07) is 13.8. The van der Waals surface area contributed by atoms with Crippen LogP contribution in [0.2, 0.25) is 0 Å². The van der Waals surface area contributed by atoms with E-state index in [0.717, 1.165) is 21.4 Å². The highest BCUT2D eigenvalue weighted by Gasteiger charge is 2.30. The molecule has 108 valence electrons. The minimum atomic E-state index is -0.335. The van der Waals surface area contributed by atoms with Gasteiger partial charge in [-0.05, 0) is 35.7 Å². The number of hydrogen-bond acceptors (Lipinski definition) is 2. The number of hydrogen-bond donors (Lipinski definition) is 2. The molecule has 0 fully saturated rings. The van der Waals surface area contributed by atoms with Crippen LogP contribution in [0, 0.1) is 0 Å². The summed E-state index contributed by atoms with van der Waals surface area (Å²) in [5.41, 5.74) is 4.10. The van der Waals surface area contributed by atoms with Gasteiger partial charge in [0, 0.05) is 21.4 Å².